The average Bonchev–Trinajstić information content (AvgIpc) is 3.24. The Morgan fingerprint density at radius 3 is 2.96 bits per heavy atom. The van der Waals surface area contributed by atoms with Crippen molar-refractivity contribution in [3.63, 3.8) is 0 Å². The lowest BCUT2D eigenvalue weighted by atomic mass is 9.98. The highest BCUT2D eigenvalue weighted by atomic mass is 35.5. The van der Waals surface area contributed by atoms with Crippen LogP contribution in [0.3, 0.4) is 0 Å². The van der Waals surface area contributed by atoms with Gasteiger partial charge in [0.25, 0.3) is 0 Å². The van der Waals surface area contributed by atoms with Crippen molar-refractivity contribution in [2.75, 3.05) is 20.2 Å². The number of rotatable bonds is 3. The molecule has 1 saturated carbocycles. The summed E-state index contributed by atoms with van der Waals surface area (Å²) >= 11 is 0. The van der Waals surface area contributed by atoms with Gasteiger partial charge >= 0.3 is 0 Å². The van der Waals surface area contributed by atoms with Gasteiger partial charge in [-0.2, -0.15) is 0 Å². The minimum absolute atomic E-state index is 0. The summed E-state index contributed by atoms with van der Waals surface area (Å²) in [4.78, 5) is 18.0. The molecule has 1 aliphatic carbocycles. The summed E-state index contributed by atoms with van der Waals surface area (Å²) in [7, 11) is 1.66. The third-order valence-corrected chi connectivity index (χ3v) is 5.58. The maximum Gasteiger partial charge on any atom is 0.227 e. The van der Waals surface area contributed by atoms with Crippen LogP contribution in [0.25, 0.3) is 10.9 Å². The molecule has 0 bridgehead atoms. The number of H-pyrrole nitrogens is 1. The van der Waals surface area contributed by atoms with Crippen molar-refractivity contribution in [3.8, 4) is 5.75 Å². The molecule has 3 N–H and O–H groups in total. The number of carbonyl (C=O) groups excluding carboxylic acids is 1. The molecule has 3 unspecified atom stereocenters. The summed E-state index contributed by atoms with van der Waals surface area (Å²) in [5, 5.41) is 1.01. The van der Waals surface area contributed by atoms with E-state index in [9.17, 15) is 4.79 Å². The van der Waals surface area contributed by atoms with E-state index in [4.69, 9.17) is 10.5 Å². The van der Waals surface area contributed by atoms with E-state index in [0.717, 1.165) is 48.1 Å². The number of halogens is 1. The second kappa shape index (κ2) is 6.65. The van der Waals surface area contributed by atoms with Gasteiger partial charge in [-0.3, -0.25) is 4.79 Å². The van der Waals surface area contributed by atoms with Gasteiger partial charge in [0.1, 0.15) is 5.75 Å². The lowest BCUT2D eigenvalue weighted by Gasteiger charge is -2.18. The largest absolute Gasteiger partial charge is 0.496 e. The summed E-state index contributed by atoms with van der Waals surface area (Å²) in [6.07, 6.45) is 4.61. The molecular weight excluding hydrogens is 326 g/mol. The first-order valence-corrected chi connectivity index (χ1v) is 8.33. The van der Waals surface area contributed by atoms with Crippen LogP contribution in [0, 0.1) is 11.8 Å². The van der Waals surface area contributed by atoms with E-state index in [1.54, 1.807) is 7.11 Å². The van der Waals surface area contributed by atoms with Crippen molar-refractivity contribution in [2.24, 2.45) is 17.6 Å². The van der Waals surface area contributed by atoms with E-state index in [2.05, 4.69) is 4.98 Å². The molecule has 6 heteroatoms. The molecular formula is C18H24ClN3O2. The molecule has 130 valence electrons. The second-order valence-corrected chi connectivity index (χ2v) is 6.84. The number of likely N-dealkylation sites (tertiary alicyclic amines) is 1. The highest BCUT2D eigenvalue weighted by Crippen LogP contribution is 2.37. The number of methoxy groups -OCH3 is 1. The first-order chi connectivity index (χ1) is 11.2. The molecule has 2 fully saturated rings. The maximum atomic E-state index is 12.7. The van der Waals surface area contributed by atoms with Crippen LogP contribution in [0.1, 0.15) is 18.4 Å². The van der Waals surface area contributed by atoms with Gasteiger partial charge < -0.3 is 20.4 Å². The van der Waals surface area contributed by atoms with E-state index in [0.29, 0.717) is 18.3 Å². The molecule has 4 rings (SSSR count). The van der Waals surface area contributed by atoms with E-state index >= 15 is 0 Å². The van der Waals surface area contributed by atoms with Gasteiger partial charge in [-0.1, -0.05) is 6.07 Å². The zero-order valence-corrected chi connectivity index (χ0v) is 14.6. The number of aromatic amines is 1. The summed E-state index contributed by atoms with van der Waals surface area (Å²) in [6.45, 7) is 1.70. The molecule has 1 saturated heterocycles. The number of benzene rings is 1. The number of amides is 1. The second-order valence-electron chi connectivity index (χ2n) is 6.84. The fraction of sp³-hybridized carbons (Fsp3) is 0.500. The van der Waals surface area contributed by atoms with Crippen LogP contribution >= 0.6 is 12.4 Å². The lowest BCUT2D eigenvalue weighted by Crippen LogP contribution is -2.34. The Hall–Kier alpha value is -1.72. The average molecular weight is 350 g/mol. The number of nitrogens with two attached hydrogens (primary N) is 1. The van der Waals surface area contributed by atoms with Gasteiger partial charge in [0.05, 0.1) is 13.5 Å². The normalized spacial score (nSPS) is 25.6. The van der Waals surface area contributed by atoms with Crippen LogP contribution < -0.4 is 10.5 Å². The van der Waals surface area contributed by atoms with Gasteiger partial charge in [-0.25, -0.2) is 0 Å². The molecule has 1 aromatic carbocycles. The van der Waals surface area contributed by atoms with E-state index in [-0.39, 0.29) is 24.4 Å². The minimum Gasteiger partial charge on any atom is -0.496 e. The van der Waals surface area contributed by atoms with Gasteiger partial charge in [-0.15, -0.1) is 12.4 Å². The molecule has 1 amide bonds. The Morgan fingerprint density at radius 2 is 2.21 bits per heavy atom. The summed E-state index contributed by atoms with van der Waals surface area (Å²) in [5.41, 5.74) is 8.18. The molecule has 0 spiro atoms. The smallest absolute Gasteiger partial charge is 0.227 e. The molecule has 1 aromatic heterocycles. The first kappa shape index (κ1) is 17.1. The quantitative estimate of drug-likeness (QED) is 0.893. The number of hydrogen-bond acceptors (Lipinski definition) is 3. The summed E-state index contributed by atoms with van der Waals surface area (Å²) < 4.78 is 5.45. The third-order valence-electron chi connectivity index (χ3n) is 5.58. The number of carbonyl (C=O) groups is 1. The molecule has 1 aliphatic heterocycles. The Labute approximate surface area is 147 Å². The van der Waals surface area contributed by atoms with Crippen molar-refractivity contribution < 1.29 is 9.53 Å². The van der Waals surface area contributed by atoms with Crippen LogP contribution in [0.4, 0.5) is 0 Å². The number of hydrogen-bond donors (Lipinski definition) is 2. The summed E-state index contributed by atoms with van der Waals surface area (Å²) in [5.74, 6) is 2.10. The van der Waals surface area contributed by atoms with Crippen molar-refractivity contribution >= 4 is 29.2 Å². The Bertz CT molecular complexity index is 745. The summed E-state index contributed by atoms with van der Waals surface area (Å²) in [6, 6.07) is 6.16. The monoisotopic (exact) mass is 349 g/mol. The Balaban J connectivity index is 0.00000169. The molecule has 0 radical (unpaired) electrons. The zero-order valence-electron chi connectivity index (χ0n) is 13.8. The van der Waals surface area contributed by atoms with E-state index in [1.807, 2.05) is 29.3 Å². The maximum absolute atomic E-state index is 12.7. The highest BCUT2D eigenvalue weighted by Gasteiger charge is 2.42. The standard InChI is InChI=1S/C18H23N3O2.ClH/c1-23-16-4-2-3-15-18(16)12(8-20-15)7-17(22)21-9-11-5-6-14(19)13(11)10-21;/h2-4,8,11,13-14,20H,5-7,9-10,19H2,1H3;1H. The van der Waals surface area contributed by atoms with Gasteiger partial charge in [-0.05, 0) is 42.4 Å². The predicted octanol–water partition coefficient (Wildman–Crippen LogP) is 2.34. The minimum atomic E-state index is 0. The topological polar surface area (TPSA) is 71.4 Å². The SMILES string of the molecule is COc1cccc2[nH]cc(CC(=O)N3CC4CCC(N)C4C3)c12.Cl. The van der Waals surface area contributed by atoms with Gasteiger partial charge in [0.2, 0.25) is 5.91 Å². The molecule has 2 aliphatic rings. The predicted molar refractivity (Wildman–Crippen MR) is 96.6 cm³/mol. The van der Waals surface area contributed by atoms with Gasteiger partial charge in [0, 0.05) is 36.2 Å². The van der Waals surface area contributed by atoms with Crippen molar-refractivity contribution in [2.45, 2.75) is 25.3 Å². The molecule has 3 atom stereocenters. The van der Waals surface area contributed by atoms with Crippen LogP contribution in [0.5, 0.6) is 5.75 Å². The number of ether oxygens (including phenoxy) is 1. The fourth-order valence-electron chi connectivity index (χ4n) is 4.32. The van der Waals surface area contributed by atoms with E-state index < -0.39 is 0 Å². The Morgan fingerprint density at radius 1 is 1.38 bits per heavy atom. The Kier molecular flexibility index (Phi) is 4.74. The van der Waals surface area contributed by atoms with Crippen LogP contribution in [-0.2, 0) is 11.2 Å². The van der Waals surface area contributed by atoms with Gasteiger partial charge in [0.15, 0.2) is 0 Å². The molecule has 2 heterocycles. The number of aromatic nitrogens is 1. The van der Waals surface area contributed by atoms with Crippen LogP contribution in [0.15, 0.2) is 24.4 Å². The molecule has 24 heavy (non-hydrogen) atoms. The fourth-order valence-corrected chi connectivity index (χ4v) is 4.32. The number of nitrogens with zero attached hydrogens (tertiary/aromatic N) is 1. The van der Waals surface area contributed by atoms with Crippen LogP contribution in [-0.4, -0.2) is 42.0 Å². The van der Waals surface area contributed by atoms with Crippen molar-refractivity contribution in [1.82, 2.24) is 9.88 Å². The first-order valence-electron chi connectivity index (χ1n) is 8.33. The highest BCUT2D eigenvalue weighted by molar-refractivity contribution is 5.93. The molecule has 5 nitrogen and oxygen atoms in total. The van der Waals surface area contributed by atoms with Crippen molar-refractivity contribution in [3.05, 3.63) is 30.0 Å². The van der Waals surface area contributed by atoms with Crippen LogP contribution in [0.2, 0.25) is 0 Å². The number of nitrogens with one attached hydrogen (secondary N) is 1. The van der Waals surface area contributed by atoms with Crippen molar-refractivity contribution in [1.29, 1.82) is 0 Å². The number of fused-ring (bicyclic) bond motifs is 2. The van der Waals surface area contributed by atoms with E-state index in [1.165, 1.54) is 0 Å². The molecule has 2 aromatic rings. The third kappa shape index (κ3) is 2.76. The zero-order chi connectivity index (χ0) is 16.0. The lowest BCUT2D eigenvalue weighted by molar-refractivity contribution is -0.129.